The molecule has 0 bridgehead atoms. The van der Waals surface area contributed by atoms with E-state index in [1.165, 1.54) is 11.3 Å². The van der Waals surface area contributed by atoms with E-state index in [1.807, 2.05) is 25.9 Å². The second-order valence-electron chi connectivity index (χ2n) is 5.11. The SMILES string of the molecule is Cc1[nH]cnc1CN(CCN(C)C)C(=O)c1ccc(Cl)s1. The normalized spacial score (nSPS) is 11.1. The molecular formula is C14H19ClN4OS. The number of amides is 1. The average Bonchev–Trinajstić information content (AvgIpc) is 3.03. The van der Waals surface area contributed by atoms with Crippen LogP contribution in [0.4, 0.5) is 0 Å². The van der Waals surface area contributed by atoms with Crippen LogP contribution in [-0.4, -0.2) is 52.9 Å². The number of aromatic amines is 1. The van der Waals surface area contributed by atoms with Gasteiger partial charge in [-0.2, -0.15) is 0 Å². The molecule has 7 heteroatoms. The van der Waals surface area contributed by atoms with Gasteiger partial charge >= 0.3 is 0 Å². The zero-order valence-electron chi connectivity index (χ0n) is 12.4. The first-order chi connectivity index (χ1) is 9.97. The number of H-pyrrole nitrogens is 1. The van der Waals surface area contributed by atoms with E-state index < -0.39 is 0 Å². The maximum atomic E-state index is 12.6. The summed E-state index contributed by atoms with van der Waals surface area (Å²) in [6.07, 6.45) is 1.65. The quantitative estimate of drug-likeness (QED) is 0.888. The number of halogens is 1. The first-order valence-electron chi connectivity index (χ1n) is 6.65. The van der Waals surface area contributed by atoms with Crippen molar-refractivity contribution >= 4 is 28.8 Å². The Morgan fingerprint density at radius 2 is 2.14 bits per heavy atom. The maximum Gasteiger partial charge on any atom is 0.264 e. The van der Waals surface area contributed by atoms with Gasteiger partial charge < -0.3 is 14.8 Å². The topological polar surface area (TPSA) is 52.2 Å². The molecule has 0 radical (unpaired) electrons. The van der Waals surface area contributed by atoms with Gasteiger partial charge in [-0.05, 0) is 33.2 Å². The second kappa shape index (κ2) is 7.06. The molecule has 0 fully saturated rings. The van der Waals surface area contributed by atoms with Gasteiger partial charge in [-0.3, -0.25) is 4.79 Å². The summed E-state index contributed by atoms with van der Waals surface area (Å²) in [6, 6.07) is 3.53. The highest BCUT2D eigenvalue weighted by Gasteiger charge is 2.19. The summed E-state index contributed by atoms with van der Waals surface area (Å²) in [5.41, 5.74) is 1.88. The van der Waals surface area contributed by atoms with Crippen LogP contribution >= 0.6 is 22.9 Å². The van der Waals surface area contributed by atoms with Gasteiger partial charge in [0.1, 0.15) is 0 Å². The molecule has 0 aromatic carbocycles. The minimum atomic E-state index is -0.00356. The number of carbonyl (C=O) groups excluding carboxylic acids is 1. The van der Waals surface area contributed by atoms with Crippen molar-refractivity contribution in [1.29, 1.82) is 0 Å². The van der Waals surface area contributed by atoms with E-state index >= 15 is 0 Å². The first kappa shape index (κ1) is 16.0. The van der Waals surface area contributed by atoms with E-state index in [0.717, 1.165) is 17.9 Å². The van der Waals surface area contributed by atoms with Gasteiger partial charge in [0.15, 0.2) is 0 Å². The number of imidazole rings is 1. The Morgan fingerprint density at radius 1 is 1.38 bits per heavy atom. The molecule has 1 amide bonds. The molecule has 5 nitrogen and oxygen atoms in total. The monoisotopic (exact) mass is 326 g/mol. The summed E-state index contributed by atoms with van der Waals surface area (Å²) < 4.78 is 0.627. The zero-order chi connectivity index (χ0) is 15.4. The lowest BCUT2D eigenvalue weighted by Gasteiger charge is -2.23. The molecule has 2 heterocycles. The number of likely N-dealkylation sites (N-methyl/N-ethyl adjacent to an activating group) is 1. The Morgan fingerprint density at radius 3 is 2.67 bits per heavy atom. The fourth-order valence-corrected chi connectivity index (χ4v) is 2.90. The van der Waals surface area contributed by atoms with Gasteiger partial charge in [-0.15, -0.1) is 11.3 Å². The van der Waals surface area contributed by atoms with Crippen molar-refractivity contribution < 1.29 is 4.79 Å². The smallest absolute Gasteiger partial charge is 0.264 e. The summed E-state index contributed by atoms with van der Waals surface area (Å²) >= 11 is 7.23. The van der Waals surface area contributed by atoms with Crippen molar-refractivity contribution in [1.82, 2.24) is 19.8 Å². The van der Waals surface area contributed by atoms with Crippen molar-refractivity contribution in [2.45, 2.75) is 13.5 Å². The van der Waals surface area contributed by atoms with Crippen LogP contribution in [0, 0.1) is 6.92 Å². The van der Waals surface area contributed by atoms with Crippen molar-refractivity contribution in [3.05, 3.63) is 39.1 Å². The summed E-state index contributed by atoms with van der Waals surface area (Å²) in [4.78, 5) is 24.5. The molecule has 21 heavy (non-hydrogen) atoms. The molecule has 2 rings (SSSR count). The van der Waals surface area contributed by atoms with Gasteiger partial charge in [0, 0.05) is 18.8 Å². The third-order valence-corrected chi connectivity index (χ3v) is 4.38. The van der Waals surface area contributed by atoms with Crippen LogP contribution in [0.5, 0.6) is 0 Å². The second-order valence-corrected chi connectivity index (χ2v) is 6.82. The molecule has 0 aliphatic rings. The predicted molar refractivity (Wildman–Crippen MR) is 85.9 cm³/mol. The molecule has 2 aromatic rings. The van der Waals surface area contributed by atoms with E-state index in [0.29, 0.717) is 22.3 Å². The number of aryl methyl sites for hydroxylation is 1. The maximum absolute atomic E-state index is 12.6. The molecule has 0 unspecified atom stereocenters. The number of nitrogens with zero attached hydrogens (tertiary/aromatic N) is 3. The zero-order valence-corrected chi connectivity index (χ0v) is 14.0. The van der Waals surface area contributed by atoms with Crippen molar-refractivity contribution in [3.63, 3.8) is 0 Å². The largest absolute Gasteiger partial charge is 0.348 e. The minimum absolute atomic E-state index is 0.00356. The summed E-state index contributed by atoms with van der Waals surface area (Å²) in [7, 11) is 3.98. The fourth-order valence-electron chi connectivity index (χ4n) is 1.89. The Kier molecular flexibility index (Phi) is 5.39. The molecule has 0 aliphatic carbocycles. The Balaban J connectivity index is 2.15. The predicted octanol–water partition coefficient (Wildman–Crippen LogP) is 2.64. The number of aromatic nitrogens is 2. The molecule has 0 atom stereocenters. The summed E-state index contributed by atoms with van der Waals surface area (Å²) in [5.74, 6) is -0.00356. The van der Waals surface area contributed by atoms with Crippen LogP contribution in [0.3, 0.4) is 0 Å². The van der Waals surface area contributed by atoms with Crippen LogP contribution in [0.1, 0.15) is 21.1 Å². The van der Waals surface area contributed by atoms with Crippen molar-refractivity contribution in [3.8, 4) is 0 Å². The highest BCUT2D eigenvalue weighted by Crippen LogP contribution is 2.23. The first-order valence-corrected chi connectivity index (χ1v) is 7.85. The number of hydrogen-bond donors (Lipinski definition) is 1. The Labute approximate surface area is 133 Å². The Hall–Kier alpha value is -1.37. The lowest BCUT2D eigenvalue weighted by Crippen LogP contribution is -2.36. The number of carbonyl (C=O) groups is 1. The van der Waals surface area contributed by atoms with E-state index in [-0.39, 0.29) is 5.91 Å². The molecule has 0 spiro atoms. The number of rotatable bonds is 6. The van der Waals surface area contributed by atoms with Crippen LogP contribution < -0.4 is 0 Å². The highest BCUT2D eigenvalue weighted by atomic mass is 35.5. The van der Waals surface area contributed by atoms with Gasteiger partial charge in [0.05, 0.1) is 27.8 Å². The van der Waals surface area contributed by atoms with E-state index in [4.69, 9.17) is 11.6 Å². The van der Waals surface area contributed by atoms with Gasteiger partial charge in [0.2, 0.25) is 0 Å². The summed E-state index contributed by atoms with van der Waals surface area (Å²) in [6.45, 7) is 3.90. The molecule has 0 saturated heterocycles. The number of nitrogens with one attached hydrogen (secondary N) is 1. The van der Waals surface area contributed by atoms with E-state index in [2.05, 4.69) is 14.9 Å². The highest BCUT2D eigenvalue weighted by molar-refractivity contribution is 7.17. The number of hydrogen-bond acceptors (Lipinski definition) is 4. The molecule has 2 aromatic heterocycles. The lowest BCUT2D eigenvalue weighted by atomic mass is 10.3. The molecule has 1 N–H and O–H groups in total. The third-order valence-electron chi connectivity index (χ3n) is 3.16. The fraction of sp³-hybridized carbons (Fsp3) is 0.429. The molecule has 0 saturated carbocycles. The van der Waals surface area contributed by atoms with Gasteiger partial charge in [-0.25, -0.2) is 4.98 Å². The average molecular weight is 327 g/mol. The summed E-state index contributed by atoms with van der Waals surface area (Å²) in [5, 5.41) is 0. The number of thiophene rings is 1. The molecule has 114 valence electrons. The van der Waals surface area contributed by atoms with Crippen molar-refractivity contribution in [2.24, 2.45) is 0 Å². The van der Waals surface area contributed by atoms with E-state index in [1.54, 1.807) is 18.5 Å². The van der Waals surface area contributed by atoms with Gasteiger partial charge in [0.25, 0.3) is 5.91 Å². The van der Waals surface area contributed by atoms with E-state index in [9.17, 15) is 4.79 Å². The van der Waals surface area contributed by atoms with Crippen LogP contribution in [0.15, 0.2) is 18.5 Å². The minimum Gasteiger partial charge on any atom is -0.348 e. The van der Waals surface area contributed by atoms with Crippen LogP contribution in [-0.2, 0) is 6.54 Å². The van der Waals surface area contributed by atoms with Crippen LogP contribution in [0.25, 0.3) is 0 Å². The molecule has 0 aliphatic heterocycles. The van der Waals surface area contributed by atoms with Gasteiger partial charge in [-0.1, -0.05) is 11.6 Å². The van der Waals surface area contributed by atoms with Crippen LogP contribution in [0.2, 0.25) is 4.34 Å². The standard InChI is InChI=1S/C14H19ClN4OS/c1-10-11(17-9-16-10)8-19(7-6-18(2)3)14(20)12-4-5-13(15)21-12/h4-5,9H,6-8H2,1-3H3,(H,16,17). The third kappa shape index (κ3) is 4.30. The molecular weight excluding hydrogens is 308 g/mol. The lowest BCUT2D eigenvalue weighted by molar-refractivity contribution is 0.0734. The van der Waals surface area contributed by atoms with Crippen molar-refractivity contribution in [2.75, 3.05) is 27.2 Å². The Bertz CT molecular complexity index is 608.